The smallest absolute Gasteiger partial charge is 0.233 e. The largest absolute Gasteiger partial charge is 0.354 e. The van der Waals surface area contributed by atoms with Crippen LogP contribution < -0.4 is 5.32 Å². The summed E-state index contributed by atoms with van der Waals surface area (Å²) in [6.07, 6.45) is 0.157. The van der Waals surface area contributed by atoms with Gasteiger partial charge in [0.25, 0.3) is 0 Å². The van der Waals surface area contributed by atoms with Crippen molar-refractivity contribution in [3.63, 3.8) is 0 Å². The molecule has 1 atom stereocenters. The van der Waals surface area contributed by atoms with Gasteiger partial charge in [0.2, 0.25) is 11.8 Å². The maximum absolute atomic E-state index is 13.9. The minimum Gasteiger partial charge on any atom is -0.354 e. The van der Waals surface area contributed by atoms with E-state index in [1.165, 1.54) is 28.8 Å². The number of rotatable bonds is 5. The molecule has 1 heterocycles. The lowest BCUT2D eigenvalue weighted by atomic mass is 10.2. The Kier molecular flexibility index (Phi) is 5.39. The highest BCUT2D eigenvalue weighted by Crippen LogP contribution is 2.39. The molecule has 120 valence electrons. The normalized spacial score (nSPS) is 18.1. The van der Waals surface area contributed by atoms with Crippen molar-refractivity contribution in [2.75, 3.05) is 12.3 Å². The average Bonchev–Trinajstić information content (AvgIpc) is 2.77. The molecule has 1 aliphatic heterocycles. The van der Waals surface area contributed by atoms with E-state index in [0.29, 0.717) is 0 Å². The Balaban J connectivity index is 2.08. The number of nitrogens with zero attached hydrogens (tertiary/aromatic N) is 1. The van der Waals surface area contributed by atoms with Crippen LogP contribution in [0.1, 0.15) is 31.2 Å². The summed E-state index contributed by atoms with van der Waals surface area (Å²) in [5, 5.41) is 2.23. The van der Waals surface area contributed by atoms with Crippen molar-refractivity contribution in [3.8, 4) is 0 Å². The molecule has 0 unspecified atom stereocenters. The van der Waals surface area contributed by atoms with Gasteiger partial charge in [-0.25, -0.2) is 8.78 Å². The molecule has 1 N–H and O–H groups in total. The van der Waals surface area contributed by atoms with Crippen molar-refractivity contribution >= 4 is 23.6 Å². The number of nitrogens with one attached hydrogen (secondary N) is 1. The van der Waals surface area contributed by atoms with Crippen molar-refractivity contribution in [2.24, 2.45) is 0 Å². The molecule has 0 spiro atoms. The van der Waals surface area contributed by atoms with E-state index in [1.807, 2.05) is 13.8 Å². The van der Waals surface area contributed by atoms with E-state index in [-0.39, 0.29) is 42.1 Å². The minimum atomic E-state index is -0.677. The monoisotopic (exact) mass is 328 g/mol. The van der Waals surface area contributed by atoms with Gasteiger partial charge in [-0.1, -0.05) is 6.07 Å². The fourth-order valence-electron chi connectivity index (χ4n) is 2.27. The maximum Gasteiger partial charge on any atom is 0.233 e. The molecule has 2 amide bonds. The van der Waals surface area contributed by atoms with Crippen LogP contribution in [0, 0.1) is 11.6 Å². The van der Waals surface area contributed by atoms with Crippen molar-refractivity contribution in [2.45, 2.75) is 31.7 Å². The van der Waals surface area contributed by atoms with Crippen molar-refractivity contribution in [1.82, 2.24) is 10.2 Å². The maximum atomic E-state index is 13.9. The molecule has 0 saturated carbocycles. The fraction of sp³-hybridized carbons (Fsp3) is 0.467. The third-order valence-electron chi connectivity index (χ3n) is 3.23. The third kappa shape index (κ3) is 3.97. The lowest BCUT2D eigenvalue weighted by molar-refractivity contribution is -0.129. The number of amides is 2. The van der Waals surface area contributed by atoms with E-state index in [2.05, 4.69) is 5.32 Å². The van der Waals surface area contributed by atoms with Crippen LogP contribution in [0.3, 0.4) is 0 Å². The molecule has 0 aromatic heterocycles. The van der Waals surface area contributed by atoms with E-state index in [9.17, 15) is 18.4 Å². The van der Waals surface area contributed by atoms with Gasteiger partial charge in [0.05, 0.1) is 5.75 Å². The number of carbonyl (C=O) groups is 2. The number of hydrogen-bond acceptors (Lipinski definition) is 3. The summed E-state index contributed by atoms with van der Waals surface area (Å²) in [5.74, 6) is -1.40. The summed E-state index contributed by atoms with van der Waals surface area (Å²) in [6.45, 7) is 3.92. The van der Waals surface area contributed by atoms with Gasteiger partial charge in [0, 0.05) is 30.6 Å². The SMILES string of the molecule is CC(C)NC(=O)CCN1C(=O)CS[C@@H]1c1ccc(F)cc1F. The van der Waals surface area contributed by atoms with E-state index in [4.69, 9.17) is 0 Å². The Morgan fingerprint density at radius 3 is 2.82 bits per heavy atom. The van der Waals surface area contributed by atoms with Crippen molar-refractivity contribution < 1.29 is 18.4 Å². The fourth-order valence-corrected chi connectivity index (χ4v) is 3.51. The van der Waals surface area contributed by atoms with Gasteiger partial charge in [-0.2, -0.15) is 0 Å². The lowest BCUT2D eigenvalue weighted by Crippen LogP contribution is -2.35. The number of hydrogen-bond donors (Lipinski definition) is 1. The Bertz CT molecular complexity index is 581. The van der Waals surface area contributed by atoms with Gasteiger partial charge in [0.1, 0.15) is 17.0 Å². The van der Waals surface area contributed by atoms with Gasteiger partial charge in [-0.3, -0.25) is 9.59 Å². The standard InChI is InChI=1S/C15H18F2N2O2S/c1-9(2)18-13(20)5-6-19-14(21)8-22-15(19)11-4-3-10(16)7-12(11)17/h3-4,7,9,15H,5-6,8H2,1-2H3,(H,18,20)/t15-/m1/s1. The van der Waals surface area contributed by atoms with E-state index >= 15 is 0 Å². The number of halogens is 2. The molecule has 4 nitrogen and oxygen atoms in total. The molecule has 1 aliphatic rings. The first-order valence-electron chi connectivity index (χ1n) is 7.04. The number of carbonyl (C=O) groups excluding carboxylic acids is 2. The van der Waals surface area contributed by atoms with Gasteiger partial charge in [-0.15, -0.1) is 11.8 Å². The van der Waals surface area contributed by atoms with Crippen LogP contribution in [0.2, 0.25) is 0 Å². The molecule has 7 heteroatoms. The van der Waals surface area contributed by atoms with Crippen molar-refractivity contribution in [3.05, 3.63) is 35.4 Å². The van der Waals surface area contributed by atoms with Crippen LogP contribution in [0.25, 0.3) is 0 Å². The molecular formula is C15H18F2N2O2S. The second-order valence-corrected chi connectivity index (χ2v) is 6.46. The minimum absolute atomic E-state index is 0.0292. The molecule has 2 rings (SSSR count). The molecule has 0 bridgehead atoms. The van der Waals surface area contributed by atoms with Gasteiger partial charge in [-0.05, 0) is 19.9 Å². The second-order valence-electron chi connectivity index (χ2n) is 5.39. The van der Waals surface area contributed by atoms with Crippen LogP contribution in [0.4, 0.5) is 8.78 Å². The number of thioether (sulfide) groups is 1. The molecular weight excluding hydrogens is 310 g/mol. The molecule has 1 fully saturated rings. The van der Waals surface area contributed by atoms with Crippen LogP contribution >= 0.6 is 11.8 Å². The lowest BCUT2D eigenvalue weighted by Gasteiger charge is -2.24. The topological polar surface area (TPSA) is 49.4 Å². The summed E-state index contributed by atoms with van der Waals surface area (Å²) in [7, 11) is 0. The highest BCUT2D eigenvalue weighted by molar-refractivity contribution is 8.00. The number of benzene rings is 1. The molecule has 0 radical (unpaired) electrons. The zero-order valence-electron chi connectivity index (χ0n) is 12.4. The Labute approximate surface area is 132 Å². The summed E-state index contributed by atoms with van der Waals surface area (Å²) in [5.41, 5.74) is 0.265. The highest BCUT2D eigenvalue weighted by Gasteiger charge is 2.34. The predicted molar refractivity (Wildman–Crippen MR) is 81.2 cm³/mol. The molecule has 0 aliphatic carbocycles. The molecule has 22 heavy (non-hydrogen) atoms. The van der Waals surface area contributed by atoms with Crippen molar-refractivity contribution in [1.29, 1.82) is 0 Å². The first-order valence-corrected chi connectivity index (χ1v) is 8.08. The van der Waals surface area contributed by atoms with Crippen LogP contribution in [0.15, 0.2) is 18.2 Å². The second kappa shape index (κ2) is 7.09. The Morgan fingerprint density at radius 1 is 1.45 bits per heavy atom. The zero-order chi connectivity index (χ0) is 16.3. The first-order chi connectivity index (χ1) is 10.4. The van der Waals surface area contributed by atoms with Gasteiger partial charge >= 0.3 is 0 Å². The van der Waals surface area contributed by atoms with E-state index in [1.54, 1.807) is 0 Å². The Morgan fingerprint density at radius 2 is 2.18 bits per heavy atom. The summed E-state index contributed by atoms with van der Waals surface area (Å²) < 4.78 is 26.9. The average molecular weight is 328 g/mol. The highest BCUT2D eigenvalue weighted by atomic mass is 32.2. The zero-order valence-corrected chi connectivity index (χ0v) is 13.3. The van der Waals surface area contributed by atoms with Gasteiger partial charge in [0.15, 0.2) is 0 Å². The molecule has 1 aromatic rings. The quantitative estimate of drug-likeness (QED) is 0.903. The summed E-state index contributed by atoms with van der Waals surface area (Å²) in [6, 6.07) is 3.36. The van der Waals surface area contributed by atoms with Crippen LogP contribution in [-0.2, 0) is 9.59 Å². The Hall–Kier alpha value is -1.63. The van der Waals surface area contributed by atoms with E-state index in [0.717, 1.165) is 6.07 Å². The van der Waals surface area contributed by atoms with Crippen LogP contribution in [0.5, 0.6) is 0 Å². The van der Waals surface area contributed by atoms with Crippen LogP contribution in [-0.4, -0.2) is 35.1 Å². The first kappa shape index (κ1) is 16.7. The molecule has 1 aromatic carbocycles. The summed E-state index contributed by atoms with van der Waals surface area (Å²) in [4.78, 5) is 25.1. The van der Waals surface area contributed by atoms with E-state index < -0.39 is 17.0 Å². The van der Waals surface area contributed by atoms with Gasteiger partial charge < -0.3 is 10.2 Å². The summed E-state index contributed by atoms with van der Waals surface area (Å²) >= 11 is 1.28. The predicted octanol–water partition coefficient (Wildman–Crippen LogP) is 2.45. The third-order valence-corrected chi connectivity index (χ3v) is 4.46. The molecule has 1 saturated heterocycles.